The summed E-state index contributed by atoms with van der Waals surface area (Å²) in [5.74, 6) is 0. The van der Waals surface area contributed by atoms with Crippen LogP contribution in [0.25, 0.3) is 0 Å². The lowest BCUT2D eigenvalue weighted by atomic mass is 10.1. The molecule has 1 N–H and O–H groups in total. The molecular weight excluding hydrogens is 256 g/mol. The fraction of sp³-hybridized carbons (Fsp3) is 0.800. The highest BCUT2D eigenvalue weighted by Gasteiger charge is 2.24. The first-order chi connectivity index (χ1) is 8.47. The fourth-order valence-electron chi connectivity index (χ4n) is 2.04. The summed E-state index contributed by atoms with van der Waals surface area (Å²) in [5, 5.41) is 10.9. The molecule has 1 aromatic heterocycles. The van der Waals surface area contributed by atoms with Crippen LogP contribution >= 0.6 is 0 Å². The van der Waals surface area contributed by atoms with E-state index < -0.39 is 10.0 Å². The number of nitrogens with zero attached hydrogens (tertiary/aromatic N) is 3. The molecule has 1 aromatic rings. The molecule has 8 heteroatoms. The van der Waals surface area contributed by atoms with Gasteiger partial charge in [0, 0.05) is 25.7 Å². The van der Waals surface area contributed by atoms with Crippen LogP contribution in [0.5, 0.6) is 0 Å². The minimum absolute atomic E-state index is 0.319. The van der Waals surface area contributed by atoms with E-state index in [1.165, 1.54) is 10.6 Å². The van der Waals surface area contributed by atoms with Crippen molar-refractivity contribution in [3.8, 4) is 0 Å². The third-order valence-corrected chi connectivity index (χ3v) is 4.53. The number of hydrogen-bond donors (Lipinski definition) is 1. The van der Waals surface area contributed by atoms with E-state index in [-0.39, 0.29) is 0 Å². The number of rotatable bonds is 4. The van der Waals surface area contributed by atoms with Crippen LogP contribution in [0.2, 0.25) is 0 Å². The molecule has 2 heterocycles. The van der Waals surface area contributed by atoms with Crippen molar-refractivity contribution in [1.82, 2.24) is 19.9 Å². The molecule has 18 heavy (non-hydrogen) atoms. The predicted molar refractivity (Wildman–Crippen MR) is 65.3 cm³/mol. The van der Waals surface area contributed by atoms with Crippen molar-refractivity contribution in [2.75, 3.05) is 19.3 Å². The van der Waals surface area contributed by atoms with Crippen LogP contribution in [-0.4, -0.2) is 48.4 Å². The van der Waals surface area contributed by atoms with Gasteiger partial charge in [0.2, 0.25) is 10.0 Å². The summed E-state index contributed by atoms with van der Waals surface area (Å²) in [7, 11) is -3.05. The highest BCUT2D eigenvalue weighted by atomic mass is 32.2. The van der Waals surface area contributed by atoms with Gasteiger partial charge in [0.05, 0.1) is 6.26 Å². The monoisotopic (exact) mass is 274 g/mol. The Kier molecular flexibility index (Phi) is 3.98. The zero-order valence-corrected chi connectivity index (χ0v) is 11.4. The summed E-state index contributed by atoms with van der Waals surface area (Å²) in [4.78, 5) is 0. The van der Waals surface area contributed by atoms with Gasteiger partial charge in [0.25, 0.3) is 0 Å². The molecule has 1 saturated heterocycles. The first kappa shape index (κ1) is 13.4. The van der Waals surface area contributed by atoms with E-state index in [1.807, 2.05) is 6.92 Å². The Morgan fingerprint density at radius 1 is 1.39 bits per heavy atom. The van der Waals surface area contributed by atoms with Crippen LogP contribution in [0.15, 0.2) is 4.63 Å². The van der Waals surface area contributed by atoms with Gasteiger partial charge in [0.1, 0.15) is 11.4 Å². The molecule has 0 amide bonds. The van der Waals surface area contributed by atoms with Gasteiger partial charge in [0.15, 0.2) is 0 Å². The van der Waals surface area contributed by atoms with Crippen molar-refractivity contribution >= 4 is 10.0 Å². The van der Waals surface area contributed by atoms with E-state index in [9.17, 15) is 8.42 Å². The average molecular weight is 274 g/mol. The summed E-state index contributed by atoms with van der Waals surface area (Å²) in [6.45, 7) is 3.61. The molecule has 0 unspecified atom stereocenters. The van der Waals surface area contributed by atoms with E-state index >= 15 is 0 Å². The fourth-order valence-corrected chi connectivity index (χ4v) is 2.92. The third kappa shape index (κ3) is 3.27. The van der Waals surface area contributed by atoms with Crippen LogP contribution < -0.4 is 5.32 Å². The van der Waals surface area contributed by atoms with Crippen molar-refractivity contribution in [3.63, 3.8) is 0 Å². The normalized spacial score (nSPS) is 19.2. The Morgan fingerprint density at radius 2 is 2.06 bits per heavy atom. The molecule has 0 atom stereocenters. The lowest BCUT2D eigenvalue weighted by Crippen LogP contribution is -2.44. The van der Waals surface area contributed by atoms with Crippen molar-refractivity contribution in [3.05, 3.63) is 11.4 Å². The van der Waals surface area contributed by atoms with Crippen LogP contribution in [0.4, 0.5) is 0 Å². The first-order valence-electron chi connectivity index (χ1n) is 5.93. The van der Waals surface area contributed by atoms with E-state index in [4.69, 9.17) is 0 Å². The van der Waals surface area contributed by atoms with Gasteiger partial charge in [-0.25, -0.2) is 17.4 Å². The number of piperidine rings is 1. The Bertz CT molecular complexity index is 491. The Labute approximate surface area is 107 Å². The second-order valence-corrected chi connectivity index (χ2v) is 6.60. The van der Waals surface area contributed by atoms with E-state index in [1.54, 1.807) is 0 Å². The van der Waals surface area contributed by atoms with Gasteiger partial charge in [-0.05, 0) is 19.8 Å². The SMILES string of the molecule is Cc1nonc1CNC1CCN(S(C)(=O)=O)CC1. The van der Waals surface area contributed by atoms with Crippen LogP contribution in [0.3, 0.4) is 0 Å². The molecule has 0 radical (unpaired) electrons. The molecule has 0 aromatic carbocycles. The maximum Gasteiger partial charge on any atom is 0.211 e. The van der Waals surface area contributed by atoms with Crippen molar-refractivity contribution in [2.45, 2.75) is 32.4 Å². The van der Waals surface area contributed by atoms with E-state index in [0.29, 0.717) is 25.7 Å². The minimum Gasteiger partial charge on any atom is -0.308 e. The molecule has 0 aliphatic carbocycles. The summed E-state index contributed by atoms with van der Waals surface area (Å²) in [6.07, 6.45) is 2.89. The molecule has 1 aliphatic rings. The first-order valence-corrected chi connectivity index (χ1v) is 7.78. The predicted octanol–water partition coefficient (Wildman–Crippen LogP) is -0.108. The minimum atomic E-state index is -3.05. The lowest BCUT2D eigenvalue weighted by Gasteiger charge is -2.30. The van der Waals surface area contributed by atoms with Gasteiger partial charge < -0.3 is 5.32 Å². The highest BCUT2D eigenvalue weighted by Crippen LogP contribution is 2.13. The van der Waals surface area contributed by atoms with Gasteiger partial charge in [-0.2, -0.15) is 0 Å². The van der Waals surface area contributed by atoms with Gasteiger partial charge >= 0.3 is 0 Å². The number of hydrogen-bond acceptors (Lipinski definition) is 6. The van der Waals surface area contributed by atoms with E-state index in [2.05, 4.69) is 20.3 Å². The van der Waals surface area contributed by atoms with Gasteiger partial charge in [-0.15, -0.1) is 0 Å². The zero-order chi connectivity index (χ0) is 13.2. The topological polar surface area (TPSA) is 88.3 Å². The number of aryl methyl sites for hydroxylation is 1. The molecule has 0 spiro atoms. The summed E-state index contributed by atoms with van der Waals surface area (Å²) in [5.41, 5.74) is 1.59. The Balaban J connectivity index is 1.79. The molecule has 1 fully saturated rings. The van der Waals surface area contributed by atoms with E-state index in [0.717, 1.165) is 24.2 Å². The summed E-state index contributed by atoms with van der Waals surface area (Å²) >= 11 is 0. The molecule has 2 rings (SSSR count). The zero-order valence-electron chi connectivity index (χ0n) is 10.6. The Hall–Kier alpha value is -0.990. The van der Waals surface area contributed by atoms with Crippen LogP contribution in [-0.2, 0) is 16.6 Å². The molecule has 0 saturated carbocycles. The van der Waals surface area contributed by atoms with Crippen molar-refractivity contribution in [2.24, 2.45) is 0 Å². The molecule has 102 valence electrons. The highest BCUT2D eigenvalue weighted by molar-refractivity contribution is 7.88. The molecule has 7 nitrogen and oxygen atoms in total. The second-order valence-electron chi connectivity index (χ2n) is 4.61. The quantitative estimate of drug-likeness (QED) is 0.824. The van der Waals surface area contributed by atoms with Crippen molar-refractivity contribution < 1.29 is 13.0 Å². The standard InChI is InChI=1S/C10H18N4O3S/c1-8-10(13-17-12-8)7-11-9-3-5-14(6-4-9)18(2,15)16/h9,11H,3-7H2,1-2H3. The lowest BCUT2D eigenvalue weighted by molar-refractivity contribution is 0.282. The average Bonchev–Trinajstić information content (AvgIpc) is 2.72. The maximum atomic E-state index is 11.4. The maximum absolute atomic E-state index is 11.4. The van der Waals surface area contributed by atoms with Crippen molar-refractivity contribution in [1.29, 1.82) is 0 Å². The molecule has 0 bridgehead atoms. The van der Waals surface area contributed by atoms with Gasteiger partial charge in [-0.3, -0.25) is 0 Å². The van der Waals surface area contributed by atoms with Gasteiger partial charge in [-0.1, -0.05) is 10.3 Å². The number of sulfonamides is 1. The smallest absolute Gasteiger partial charge is 0.211 e. The summed E-state index contributed by atoms with van der Waals surface area (Å²) in [6, 6.07) is 0.319. The Morgan fingerprint density at radius 3 is 2.56 bits per heavy atom. The van der Waals surface area contributed by atoms with Crippen LogP contribution in [0, 0.1) is 6.92 Å². The number of nitrogens with one attached hydrogen (secondary N) is 1. The second kappa shape index (κ2) is 5.33. The largest absolute Gasteiger partial charge is 0.308 e. The van der Waals surface area contributed by atoms with Crippen LogP contribution in [0.1, 0.15) is 24.2 Å². The molecule has 1 aliphatic heterocycles. The third-order valence-electron chi connectivity index (χ3n) is 3.23. The molecular formula is C10H18N4O3S. The number of aromatic nitrogens is 2. The summed E-state index contributed by atoms with van der Waals surface area (Å²) < 4.78 is 28.9.